The number of aliphatic hydroxyl groups is 1. The Kier molecular flexibility index (Phi) is 5.96. The summed E-state index contributed by atoms with van der Waals surface area (Å²) in [7, 11) is -3.25. The summed E-state index contributed by atoms with van der Waals surface area (Å²) >= 11 is 1.23. The maximum absolute atomic E-state index is 12.0. The molecule has 0 unspecified atom stereocenters. The van der Waals surface area contributed by atoms with Crippen molar-refractivity contribution in [2.45, 2.75) is 25.0 Å². The van der Waals surface area contributed by atoms with Gasteiger partial charge in [0.2, 0.25) is 0 Å². The van der Waals surface area contributed by atoms with Crippen molar-refractivity contribution in [2.24, 2.45) is 0 Å². The average Bonchev–Trinajstić information content (AvgIpc) is 2.84. The number of hydrogen-bond acceptors (Lipinski definition) is 5. The lowest BCUT2D eigenvalue weighted by Crippen LogP contribution is -2.43. The van der Waals surface area contributed by atoms with Crippen LogP contribution in [-0.4, -0.2) is 43.6 Å². The van der Waals surface area contributed by atoms with Gasteiger partial charge in [0.25, 0.3) is 5.91 Å². The highest BCUT2D eigenvalue weighted by Gasteiger charge is 2.30. The first-order valence-corrected chi connectivity index (χ1v) is 9.05. The van der Waals surface area contributed by atoms with Gasteiger partial charge in [-0.1, -0.05) is 11.8 Å². The van der Waals surface area contributed by atoms with E-state index in [1.54, 1.807) is 26.0 Å². The third kappa shape index (κ3) is 5.16. The topological polar surface area (TPSA) is 83.5 Å². The molecule has 0 atom stereocenters. The van der Waals surface area contributed by atoms with Gasteiger partial charge in [-0.3, -0.25) is 4.79 Å². The van der Waals surface area contributed by atoms with E-state index in [9.17, 15) is 13.2 Å². The first kappa shape index (κ1) is 17.7. The summed E-state index contributed by atoms with van der Waals surface area (Å²) in [6.07, 6.45) is 1.54. The number of rotatable bonds is 5. The van der Waals surface area contributed by atoms with Crippen molar-refractivity contribution in [1.29, 1.82) is 0 Å². The van der Waals surface area contributed by atoms with E-state index in [1.165, 1.54) is 11.3 Å². The molecule has 0 saturated carbocycles. The van der Waals surface area contributed by atoms with Gasteiger partial charge in [-0.2, -0.15) is 0 Å². The fraction of sp³-hybridized carbons (Fsp3) is 0.500. The molecule has 7 heteroatoms. The van der Waals surface area contributed by atoms with Gasteiger partial charge in [-0.05, 0) is 26.0 Å². The number of hydrogen-bond donors (Lipinski definition) is 2. The Morgan fingerprint density at radius 3 is 2.67 bits per heavy atom. The normalized spacial score (nSPS) is 11.6. The quantitative estimate of drug-likeness (QED) is 0.791. The fourth-order valence-electron chi connectivity index (χ4n) is 1.24. The number of aliphatic hydroxyl groups excluding tert-OH is 1. The molecule has 0 aliphatic heterocycles. The maximum Gasteiger partial charge on any atom is 0.261 e. The van der Waals surface area contributed by atoms with Crippen molar-refractivity contribution in [2.75, 3.05) is 19.4 Å². The number of sulfone groups is 1. The van der Waals surface area contributed by atoms with Crippen LogP contribution in [0, 0.1) is 11.8 Å². The number of amides is 1. The summed E-state index contributed by atoms with van der Waals surface area (Å²) in [6.45, 7) is 3.20. The van der Waals surface area contributed by atoms with Crippen molar-refractivity contribution in [3.05, 3.63) is 21.9 Å². The number of carbonyl (C=O) groups is 1. The van der Waals surface area contributed by atoms with Crippen molar-refractivity contribution < 1.29 is 18.3 Å². The lowest BCUT2D eigenvalue weighted by molar-refractivity contribution is 0.0954. The minimum atomic E-state index is -3.25. The molecule has 21 heavy (non-hydrogen) atoms. The number of carbonyl (C=O) groups excluding carboxylic acids is 1. The van der Waals surface area contributed by atoms with Crippen LogP contribution in [0.4, 0.5) is 0 Å². The average molecular weight is 329 g/mol. The largest absolute Gasteiger partial charge is 0.395 e. The molecule has 0 aliphatic rings. The predicted octanol–water partition coefficient (Wildman–Crippen LogP) is 1.04. The Labute approximate surface area is 129 Å². The Morgan fingerprint density at radius 1 is 1.43 bits per heavy atom. The molecule has 0 bridgehead atoms. The maximum atomic E-state index is 12.0. The highest BCUT2D eigenvalue weighted by Crippen LogP contribution is 2.17. The van der Waals surface area contributed by atoms with E-state index >= 15 is 0 Å². The Morgan fingerprint density at radius 2 is 2.10 bits per heavy atom. The van der Waals surface area contributed by atoms with Crippen LogP contribution in [0.25, 0.3) is 0 Å². The Bertz CT molecular complexity index is 663. The molecule has 0 radical (unpaired) electrons. The van der Waals surface area contributed by atoms with Crippen molar-refractivity contribution in [1.82, 2.24) is 5.32 Å². The molecule has 1 aromatic heterocycles. The fourth-order valence-corrected chi connectivity index (χ4v) is 2.38. The van der Waals surface area contributed by atoms with Crippen molar-refractivity contribution >= 4 is 27.1 Å². The SMILES string of the molecule is CC(C)(CNC(=O)c1ccc(C#CCCO)s1)S(C)(=O)=O. The lowest BCUT2D eigenvalue weighted by atomic mass is 10.2. The van der Waals surface area contributed by atoms with Gasteiger partial charge < -0.3 is 10.4 Å². The van der Waals surface area contributed by atoms with Crippen molar-refractivity contribution in [3.63, 3.8) is 0 Å². The second kappa shape index (κ2) is 7.07. The molecule has 0 saturated heterocycles. The van der Waals surface area contributed by atoms with E-state index < -0.39 is 14.6 Å². The highest BCUT2D eigenvalue weighted by atomic mass is 32.2. The molecule has 116 valence electrons. The molecule has 5 nitrogen and oxygen atoms in total. The molecular formula is C14H19NO4S2. The lowest BCUT2D eigenvalue weighted by Gasteiger charge is -2.22. The molecular weight excluding hydrogens is 310 g/mol. The van der Waals surface area contributed by atoms with Gasteiger partial charge in [0.15, 0.2) is 9.84 Å². The third-order valence-electron chi connectivity index (χ3n) is 2.96. The molecule has 2 N–H and O–H groups in total. The van der Waals surface area contributed by atoms with Gasteiger partial charge >= 0.3 is 0 Å². The van der Waals surface area contributed by atoms with E-state index in [-0.39, 0.29) is 19.1 Å². The van der Waals surface area contributed by atoms with Gasteiger partial charge in [-0.15, -0.1) is 11.3 Å². The van der Waals surface area contributed by atoms with E-state index in [1.807, 2.05) is 0 Å². The zero-order valence-electron chi connectivity index (χ0n) is 12.3. The standard InChI is InChI=1S/C14H19NO4S2/c1-14(2,21(3,18)19)10-15-13(17)12-8-7-11(20-12)6-4-5-9-16/h7-8,16H,5,9-10H2,1-3H3,(H,15,17). The first-order chi connectivity index (χ1) is 9.67. The van der Waals surface area contributed by atoms with Crippen LogP contribution < -0.4 is 5.32 Å². The van der Waals surface area contributed by atoms with E-state index in [0.29, 0.717) is 11.3 Å². The zero-order valence-corrected chi connectivity index (χ0v) is 13.9. The molecule has 0 fully saturated rings. The minimum absolute atomic E-state index is 0.00624. The van der Waals surface area contributed by atoms with Crippen LogP contribution >= 0.6 is 11.3 Å². The summed E-state index contributed by atoms with van der Waals surface area (Å²) in [5.41, 5.74) is 0. The minimum Gasteiger partial charge on any atom is -0.395 e. The monoisotopic (exact) mass is 329 g/mol. The van der Waals surface area contributed by atoms with Crippen LogP contribution in [-0.2, 0) is 9.84 Å². The second-order valence-electron chi connectivity index (χ2n) is 5.15. The van der Waals surface area contributed by atoms with Crippen molar-refractivity contribution in [3.8, 4) is 11.8 Å². The first-order valence-electron chi connectivity index (χ1n) is 6.35. The third-order valence-corrected chi connectivity index (χ3v) is 6.11. The summed E-state index contributed by atoms with van der Waals surface area (Å²) in [4.78, 5) is 13.2. The number of thiophene rings is 1. The smallest absolute Gasteiger partial charge is 0.261 e. The molecule has 1 amide bonds. The Hall–Kier alpha value is -1.36. The van der Waals surface area contributed by atoms with Crippen LogP contribution in [0.3, 0.4) is 0 Å². The Balaban J connectivity index is 2.68. The van der Waals surface area contributed by atoms with Crippen LogP contribution in [0.2, 0.25) is 0 Å². The van der Waals surface area contributed by atoms with Gasteiger partial charge in [0.05, 0.1) is 21.1 Å². The van der Waals surface area contributed by atoms with E-state index in [4.69, 9.17) is 5.11 Å². The molecule has 1 heterocycles. The number of nitrogens with one attached hydrogen (secondary N) is 1. The zero-order chi connectivity index (χ0) is 16.1. The summed E-state index contributed by atoms with van der Waals surface area (Å²) in [5, 5.41) is 11.3. The molecule has 0 aromatic carbocycles. The van der Waals surface area contributed by atoms with Gasteiger partial charge in [0, 0.05) is 19.2 Å². The van der Waals surface area contributed by atoms with Crippen LogP contribution in [0.15, 0.2) is 12.1 Å². The molecule has 0 aliphatic carbocycles. The summed E-state index contributed by atoms with van der Waals surface area (Å²) < 4.78 is 22.1. The molecule has 0 spiro atoms. The van der Waals surface area contributed by atoms with Crippen LogP contribution in [0.5, 0.6) is 0 Å². The highest BCUT2D eigenvalue weighted by molar-refractivity contribution is 7.92. The molecule has 1 rings (SSSR count). The molecule has 1 aromatic rings. The van der Waals surface area contributed by atoms with E-state index in [2.05, 4.69) is 17.2 Å². The predicted molar refractivity (Wildman–Crippen MR) is 84.2 cm³/mol. The van der Waals surface area contributed by atoms with Gasteiger partial charge in [-0.25, -0.2) is 8.42 Å². The second-order valence-corrected chi connectivity index (χ2v) is 8.89. The van der Waals surface area contributed by atoms with Crippen LogP contribution in [0.1, 0.15) is 34.8 Å². The van der Waals surface area contributed by atoms with E-state index in [0.717, 1.165) is 11.1 Å². The summed E-state index contributed by atoms with van der Waals surface area (Å²) in [6, 6.07) is 3.38. The summed E-state index contributed by atoms with van der Waals surface area (Å²) in [5.74, 6) is 5.32. The van der Waals surface area contributed by atoms with Gasteiger partial charge in [0.1, 0.15) is 0 Å².